The van der Waals surface area contributed by atoms with Crippen molar-refractivity contribution in [2.24, 2.45) is 0 Å². The van der Waals surface area contributed by atoms with Crippen molar-refractivity contribution in [3.05, 3.63) is 53.3 Å². The summed E-state index contributed by atoms with van der Waals surface area (Å²) in [5.41, 5.74) is 1.07. The number of methoxy groups -OCH3 is 3. The fourth-order valence-electron chi connectivity index (χ4n) is 2.29. The van der Waals surface area contributed by atoms with Gasteiger partial charge in [0.1, 0.15) is 0 Å². The van der Waals surface area contributed by atoms with Gasteiger partial charge in [0.05, 0.1) is 27.4 Å². The smallest absolute Gasteiger partial charge is 0.251 e. The molecule has 0 aliphatic rings. The molecular formula is C18H20FNO4. The molecule has 0 spiro atoms. The van der Waals surface area contributed by atoms with Crippen LogP contribution in [0.25, 0.3) is 0 Å². The van der Waals surface area contributed by atoms with E-state index in [1.807, 2.05) is 0 Å². The van der Waals surface area contributed by atoms with Gasteiger partial charge in [0, 0.05) is 5.56 Å². The van der Waals surface area contributed by atoms with E-state index in [0.717, 1.165) is 0 Å². The van der Waals surface area contributed by atoms with E-state index < -0.39 is 5.82 Å². The number of rotatable bonds is 6. The summed E-state index contributed by atoms with van der Waals surface area (Å²) >= 11 is 0. The summed E-state index contributed by atoms with van der Waals surface area (Å²) in [5, 5.41) is 2.82. The van der Waals surface area contributed by atoms with Gasteiger partial charge in [0.2, 0.25) is 0 Å². The minimum atomic E-state index is -0.470. The van der Waals surface area contributed by atoms with Gasteiger partial charge in [-0.25, -0.2) is 4.39 Å². The zero-order chi connectivity index (χ0) is 17.7. The van der Waals surface area contributed by atoms with E-state index in [0.29, 0.717) is 22.6 Å². The standard InChI is InChI=1S/C18H20FNO4/c1-11(12-5-7-15(22-2)14(19)9-12)20-18(21)13-6-8-16(23-3)17(10-13)24-4/h5-11H,1-4H3,(H,20,21). The van der Waals surface area contributed by atoms with Crippen LogP contribution in [0.5, 0.6) is 17.2 Å². The lowest BCUT2D eigenvalue weighted by atomic mass is 10.1. The van der Waals surface area contributed by atoms with Gasteiger partial charge in [-0.05, 0) is 42.8 Å². The highest BCUT2D eigenvalue weighted by Crippen LogP contribution is 2.28. The molecule has 0 radical (unpaired) electrons. The van der Waals surface area contributed by atoms with E-state index in [2.05, 4.69) is 5.32 Å². The lowest BCUT2D eigenvalue weighted by molar-refractivity contribution is 0.0939. The largest absolute Gasteiger partial charge is 0.494 e. The molecule has 0 aliphatic carbocycles. The van der Waals surface area contributed by atoms with Crippen LogP contribution in [0.1, 0.15) is 28.9 Å². The zero-order valence-electron chi connectivity index (χ0n) is 14.1. The lowest BCUT2D eigenvalue weighted by Crippen LogP contribution is -2.26. The first-order chi connectivity index (χ1) is 11.5. The first kappa shape index (κ1) is 17.6. The van der Waals surface area contributed by atoms with Gasteiger partial charge in [-0.15, -0.1) is 0 Å². The van der Waals surface area contributed by atoms with E-state index >= 15 is 0 Å². The number of hydrogen-bond acceptors (Lipinski definition) is 4. The Kier molecular flexibility index (Phi) is 5.63. The van der Waals surface area contributed by atoms with Crippen LogP contribution >= 0.6 is 0 Å². The summed E-state index contributed by atoms with van der Waals surface area (Å²) in [6.45, 7) is 1.78. The molecule has 0 heterocycles. The predicted molar refractivity (Wildman–Crippen MR) is 88.4 cm³/mol. The Morgan fingerprint density at radius 3 is 2.17 bits per heavy atom. The Balaban J connectivity index is 2.15. The third-order valence-corrected chi connectivity index (χ3v) is 3.67. The van der Waals surface area contributed by atoms with Gasteiger partial charge >= 0.3 is 0 Å². The Bertz CT molecular complexity index is 733. The van der Waals surface area contributed by atoms with Crippen LogP contribution in [0, 0.1) is 5.82 Å². The normalized spacial score (nSPS) is 11.5. The van der Waals surface area contributed by atoms with E-state index in [4.69, 9.17) is 14.2 Å². The van der Waals surface area contributed by atoms with Crippen molar-refractivity contribution in [1.82, 2.24) is 5.32 Å². The van der Waals surface area contributed by atoms with Crippen LogP contribution in [0.2, 0.25) is 0 Å². The summed E-state index contributed by atoms with van der Waals surface area (Å²) in [6.07, 6.45) is 0. The van der Waals surface area contributed by atoms with Crippen molar-refractivity contribution in [2.45, 2.75) is 13.0 Å². The van der Waals surface area contributed by atoms with Crippen molar-refractivity contribution in [2.75, 3.05) is 21.3 Å². The second-order valence-electron chi connectivity index (χ2n) is 5.16. The second kappa shape index (κ2) is 7.68. The number of carbonyl (C=O) groups is 1. The van der Waals surface area contributed by atoms with Gasteiger partial charge < -0.3 is 19.5 Å². The molecule has 1 amide bonds. The van der Waals surface area contributed by atoms with Crippen LogP contribution in [0.4, 0.5) is 4.39 Å². The maximum absolute atomic E-state index is 13.8. The lowest BCUT2D eigenvalue weighted by Gasteiger charge is -2.16. The summed E-state index contributed by atoms with van der Waals surface area (Å²) in [5.74, 6) is 0.409. The molecule has 0 aromatic heterocycles. The molecule has 128 valence electrons. The summed E-state index contributed by atoms with van der Waals surface area (Å²) in [6, 6.07) is 9.11. The summed E-state index contributed by atoms with van der Waals surface area (Å²) < 4.78 is 29.0. The molecule has 24 heavy (non-hydrogen) atoms. The van der Waals surface area contributed by atoms with Crippen LogP contribution in [0.15, 0.2) is 36.4 Å². The number of ether oxygens (including phenoxy) is 3. The molecule has 1 unspecified atom stereocenters. The Hall–Kier alpha value is -2.76. The minimum absolute atomic E-state index is 0.164. The van der Waals surface area contributed by atoms with Crippen molar-refractivity contribution in [3.8, 4) is 17.2 Å². The zero-order valence-corrected chi connectivity index (χ0v) is 14.1. The number of halogens is 1. The van der Waals surface area contributed by atoms with Crippen molar-refractivity contribution in [3.63, 3.8) is 0 Å². The number of hydrogen-bond donors (Lipinski definition) is 1. The Morgan fingerprint density at radius 1 is 0.958 bits per heavy atom. The average Bonchev–Trinajstić information content (AvgIpc) is 2.60. The second-order valence-corrected chi connectivity index (χ2v) is 5.16. The van der Waals surface area contributed by atoms with Crippen LogP contribution in [-0.2, 0) is 0 Å². The maximum atomic E-state index is 13.8. The molecule has 0 saturated heterocycles. The third-order valence-electron chi connectivity index (χ3n) is 3.67. The van der Waals surface area contributed by atoms with Gasteiger partial charge in [-0.2, -0.15) is 0 Å². The van der Waals surface area contributed by atoms with E-state index in [9.17, 15) is 9.18 Å². The highest BCUT2D eigenvalue weighted by molar-refractivity contribution is 5.95. The molecule has 1 N–H and O–H groups in total. The van der Waals surface area contributed by atoms with Crippen molar-refractivity contribution >= 4 is 5.91 Å². The molecule has 5 nitrogen and oxygen atoms in total. The number of benzene rings is 2. The highest BCUT2D eigenvalue weighted by Gasteiger charge is 2.15. The molecular weight excluding hydrogens is 313 g/mol. The number of carbonyl (C=O) groups excluding carboxylic acids is 1. The van der Waals surface area contributed by atoms with Crippen LogP contribution in [-0.4, -0.2) is 27.2 Å². The number of amides is 1. The molecule has 6 heteroatoms. The van der Waals surface area contributed by atoms with Gasteiger partial charge in [-0.3, -0.25) is 4.79 Å². The quantitative estimate of drug-likeness (QED) is 0.881. The van der Waals surface area contributed by atoms with Crippen LogP contribution < -0.4 is 19.5 Å². The maximum Gasteiger partial charge on any atom is 0.251 e. The molecule has 0 bridgehead atoms. The molecule has 2 aromatic carbocycles. The monoisotopic (exact) mass is 333 g/mol. The fraction of sp³-hybridized carbons (Fsp3) is 0.278. The Morgan fingerprint density at radius 2 is 1.58 bits per heavy atom. The van der Waals surface area contributed by atoms with E-state index in [1.165, 1.54) is 33.5 Å². The third kappa shape index (κ3) is 3.76. The summed E-state index contributed by atoms with van der Waals surface area (Å²) in [4.78, 5) is 12.4. The first-order valence-corrected chi connectivity index (χ1v) is 7.36. The molecule has 0 saturated carbocycles. The fourth-order valence-corrected chi connectivity index (χ4v) is 2.29. The molecule has 2 aromatic rings. The first-order valence-electron chi connectivity index (χ1n) is 7.36. The minimum Gasteiger partial charge on any atom is -0.494 e. The molecule has 2 rings (SSSR count). The van der Waals surface area contributed by atoms with E-state index in [1.54, 1.807) is 31.2 Å². The molecule has 0 aliphatic heterocycles. The van der Waals surface area contributed by atoms with E-state index in [-0.39, 0.29) is 17.7 Å². The predicted octanol–water partition coefficient (Wildman–Crippen LogP) is 3.34. The highest BCUT2D eigenvalue weighted by atomic mass is 19.1. The van der Waals surface area contributed by atoms with Gasteiger partial charge in [0.25, 0.3) is 5.91 Å². The molecule has 0 fully saturated rings. The topological polar surface area (TPSA) is 56.8 Å². The van der Waals surface area contributed by atoms with Crippen molar-refractivity contribution < 1.29 is 23.4 Å². The summed E-state index contributed by atoms with van der Waals surface area (Å²) in [7, 11) is 4.43. The number of nitrogens with one attached hydrogen (secondary N) is 1. The van der Waals surface area contributed by atoms with Gasteiger partial charge in [-0.1, -0.05) is 6.07 Å². The van der Waals surface area contributed by atoms with Crippen molar-refractivity contribution in [1.29, 1.82) is 0 Å². The van der Waals surface area contributed by atoms with Gasteiger partial charge in [0.15, 0.2) is 23.1 Å². The SMILES string of the molecule is COc1ccc(C(C)NC(=O)c2ccc(OC)c(OC)c2)cc1F. The Labute approximate surface area is 140 Å². The molecule has 1 atom stereocenters. The van der Waals surface area contributed by atoms with Crippen LogP contribution in [0.3, 0.4) is 0 Å². The average molecular weight is 333 g/mol.